The van der Waals surface area contributed by atoms with Gasteiger partial charge < -0.3 is 50.1 Å². The van der Waals surface area contributed by atoms with Crippen LogP contribution in [0.15, 0.2) is 109 Å². The normalized spacial score (nSPS) is 23.1. The molecule has 10 atom stereocenters. The lowest BCUT2D eigenvalue weighted by atomic mass is 9.85. The maximum absolute atomic E-state index is 12.8. The molecule has 0 bridgehead atoms. The van der Waals surface area contributed by atoms with Crippen molar-refractivity contribution in [3.63, 3.8) is 0 Å². The zero-order valence-electron chi connectivity index (χ0n) is 39.6. The van der Waals surface area contributed by atoms with E-state index >= 15 is 0 Å². The molecule has 380 valence electrons. The first-order valence-corrected chi connectivity index (χ1v) is 25.4. The SMILES string of the molecule is CC/C=C\C[C@@H](O)/C=C/C=C\C=C\[C@@H](O)C/C=C\C/C=C\CCC(=O)OC[C@H](COP(=O)(O)OC1[C@H](O)[C@H](O)C(O)[C@H](O)[C@H]1O)OC(=O)CCCCCC/C=C\C/C=C\C/C=C\CCCCC. The lowest BCUT2D eigenvalue weighted by molar-refractivity contribution is -0.220. The number of allylic oxidation sites excluding steroid dienone is 14. The highest BCUT2D eigenvalue weighted by Crippen LogP contribution is 2.47. The molecule has 1 rings (SSSR count). The largest absolute Gasteiger partial charge is 0.472 e. The van der Waals surface area contributed by atoms with Crippen LogP contribution in [0.1, 0.15) is 129 Å². The van der Waals surface area contributed by atoms with Gasteiger partial charge in [-0.05, 0) is 77.0 Å². The Morgan fingerprint density at radius 1 is 0.552 bits per heavy atom. The molecule has 0 spiro atoms. The van der Waals surface area contributed by atoms with E-state index in [1.165, 1.54) is 19.3 Å². The van der Waals surface area contributed by atoms with Crippen LogP contribution in [0.4, 0.5) is 0 Å². The molecule has 1 aliphatic rings. The molecule has 1 fully saturated rings. The summed E-state index contributed by atoms with van der Waals surface area (Å²) in [5.74, 6) is -1.30. The van der Waals surface area contributed by atoms with Crippen molar-refractivity contribution in [2.24, 2.45) is 0 Å². The molecule has 1 aliphatic carbocycles. The summed E-state index contributed by atoms with van der Waals surface area (Å²) in [6.45, 7) is 2.90. The molecule has 16 heteroatoms. The lowest BCUT2D eigenvalue weighted by Gasteiger charge is -2.41. The van der Waals surface area contributed by atoms with E-state index in [0.717, 1.165) is 51.4 Å². The first kappa shape index (κ1) is 61.4. The van der Waals surface area contributed by atoms with Crippen LogP contribution in [0.5, 0.6) is 0 Å². The quantitative estimate of drug-likeness (QED) is 0.00984. The van der Waals surface area contributed by atoms with E-state index in [2.05, 4.69) is 43.4 Å². The summed E-state index contributed by atoms with van der Waals surface area (Å²) in [6.07, 6.45) is 33.4. The minimum Gasteiger partial charge on any atom is -0.462 e. The molecule has 0 aromatic heterocycles. The summed E-state index contributed by atoms with van der Waals surface area (Å²) >= 11 is 0. The van der Waals surface area contributed by atoms with Gasteiger partial charge in [0, 0.05) is 12.8 Å². The number of phosphoric ester groups is 1. The van der Waals surface area contributed by atoms with Crippen molar-refractivity contribution in [3.05, 3.63) is 109 Å². The number of aliphatic hydroxyl groups is 7. The average molecular weight is 965 g/mol. The smallest absolute Gasteiger partial charge is 0.462 e. The van der Waals surface area contributed by atoms with E-state index in [9.17, 15) is 54.8 Å². The average Bonchev–Trinajstić information content (AvgIpc) is 3.30. The third-order valence-electron chi connectivity index (χ3n) is 10.3. The van der Waals surface area contributed by atoms with Crippen molar-refractivity contribution >= 4 is 19.8 Å². The van der Waals surface area contributed by atoms with Gasteiger partial charge in [0.05, 0.1) is 18.8 Å². The van der Waals surface area contributed by atoms with Crippen LogP contribution in [0.3, 0.4) is 0 Å². The Hall–Kier alpha value is -3.57. The van der Waals surface area contributed by atoms with Gasteiger partial charge in [-0.25, -0.2) is 4.57 Å². The van der Waals surface area contributed by atoms with Gasteiger partial charge in [0.1, 0.15) is 43.2 Å². The topological polar surface area (TPSA) is 250 Å². The van der Waals surface area contributed by atoms with Crippen LogP contribution in [0.25, 0.3) is 0 Å². The monoisotopic (exact) mass is 965 g/mol. The molecule has 15 nitrogen and oxygen atoms in total. The number of ether oxygens (including phenoxy) is 2. The third kappa shape index (κ3) is 32.0. The van der Waals surface area contributed by atoms with Crippen molar-refractivity contribution < 1.29 is 73.3 Å². The second kappa shape index (κ2) is 39.3. The van der Waals surface area contributed by atoms with Gasteiger partial charge in [0.2, 0.25) is 0 Å². The summed E-state index contributed by atoms with van der Waals surface area (Å²) in [6, 6.07) is 0. The number of rotatable bonds is 37. The van der Waals surface area contributed by atoms with Gasteiger partial charge in [-0.1, -0.05) is 149 Å². The van der Waals surface area contributed by atoms with E-state index in [1.807, 2.05) is 37.3 Å². The molecule has 0 aromatic carbocycles. The van der Waals surface area contributed by atoms with Crippen LogP contribution in [0, 0.1) is 0 Å². The molecular formula is C51H81O15P. The number of aliphatic hydroxyl groups excluding tert-OH is 7. The second-order valence-electron chi connectivity index (χ2n) is 16.3. The fourth-order valence-corrected chi connectivity index (χ4v) is 7.35. The Kier molecular flexibility index (Phi) is 36.0. The minimum absolute atomic E-state index is 0.0261. The van der Waals surface area contributed by atoms with Gasteiger partial charge in [-0.3, -0.25) is 18.6 Å². The van der Waals surface area contributed by atoms with Gasteiger partial charge in [0.25, 0.3) is 0 Å². The van der Waals surface area contributed by atoms with E-state index < -0.39 is 87.9 Å². The summed E-state index contributed by atoms with van der Waals surface area (Å²) < 4.78 is 33.4. The third-order valence-corrected chi connectivity index (χ3v) is 11.3. The first-order chi connectivity index (χ1) is 32.2. The molecule has 1 saturated carbocycles. The van der Waals surface area contributed by atoms with Gasteiger partial charge in [0.15, 0.2) is 6.10 Å². The summed E-state index contributed by atoms with van der Waals surface area (Å²) in [5, 5.41) is 70.2. The molecule has 8 N–H and O–H groups in total. The highest BCUT2D eigenvalue weighted by Gasteiger charge is 2.51. The fourth-order valence-electron chi connectivity index (χ4n) is 6.38. The first-order valence-electron chi connectivity index (χ1n) is 23.9. The lowest BCUT2D eigenvalue weighted by Crippen LogP contribution is -2.64. The number of carbonyl (C=O) groups excluding carboxylic acids is 2. The standard InChI is InChI=1S/C51H81O15P/c1-3-5-7-8-9-10-11-12-13-14-15-16-17-18-19-24-32-38-45(55)65-43(40-64-67(61,62)66-51-49(59)47(57)46(56)48(58)50(51)60)39-63-44(54)37-31-23-21-20-22-28-34-42(53)36-30-26-25-29-35-41(52)33-27-6-4-2/h6,9-10,12-13,15-16,21-23,25-30,35-36,41-43,46-53,56-60H,3-5,7-8,11,14,17-20,24,31-34,37-40H2,1-2H3,(H,61,62)/b10-9-,13-12-,16-15-,23-21-,26-25-,27-6-,28-22-,35-29+,36-30+/t41-,42+,43-,46?,47-,48+,49-,50-,51?/m1/s1. The Balaban J connectivity index is 2.57. The number of carbonyl (C=O) groups is 2. The predicted molar refractivity (Wildman–Crippen MR) is 260 cm³/mol. The van der Waals surface area contributed by atoms with Crippen LogP contribution in [-0.2, 0) is 32.7 Å². The Bertz CT molecular complexity index is 1620. The van der Waals surface area contributed by atoms with Gasteiger partial charge in [-0.15, -0.1) is 0 Å². The Morgan fingerprint density at radius 3 is 1.61 bits per heavy atom. The number of unbranched alkanes of at least 4 members (excludes halogenated alkanes) is 7. The van der Waals surface area contributed by atoms with E-state index in [-0.39, 0.29) is 12.8 Å². The maximum Gasteiger partial charge on any atom is 0.472 e. The van der Waals surface area contributed by atoms with E-state index in [4.69, 9.17) is 18.5 Å². The van der Waals surface area contributed by atoms with Gasteiger partial charge >= 0.3 is 19.8 Å². The second-order valence-corrected chi connectivity index (χ2v) is 17.7. The molecule has 0 aliphatic heterocycles. The van der Waals surface area contributed by atoms with Crippen LogP contribution >= 0.6 is 7.82 Å². The Labute approximate surface area is 398 Å². The molecule has 0 saturated heterocycles. The van der Waals surface area contributed by atoms with Crippen LogP contribution in [0.2, 0.25) is 0 Å². The predicted octanol–water partition coefficient (Wildman–Crippen LogP) is 7.55. The van der Waals surface area contributed by atoms with Crippen LogP contribution in [-0.4, -0.2) is 121 Å². The van der Waals surface area contributed by atoms with Crippen molar-refractivity contribution in [2.45, 2.75) is 184 Å². The summed E-state index contributed by atoms with van der Waals surface area (Å²) in [5.41, 5.74) is 0. The summed E-state index contributed by atoms with van der Waals surface area (Å²) in [4.78, 5) is 35.7. The van der Waals surface area contributed by atoms with E-state index in [1.54, 1.807) is 42.5 Å². The molecule has 0 heterocycles. The Morgan fingerprint density at radius 2 is 1.04 bits per heavy atom. The molecule has 0 amide bonds. The van der Waals surface area contributed by atoms with Crippen molar-refractivity contribution in [2.75, 3.05) is 13.2 Å². The summed E-state index contributed by atoms with van der Waals surface area (Å²) in [7, 11) is -5.18. The van der Waals surface area contributed by atoms with Crippen molar-refractivity contribution in [1.82, 2.24) is 0 Å². The van der Waals surface area contributed by atoms with Crippen LogP contribution < -0.4 is 0 Å². The molecule has 3 unspecified atom stereocenters. The molecular weight excluding hydrogens is 884 g/mol. The van der Waals surface area contributed by atoms with Crippen molar-refractivity contribution in [3.8, 4) is 0 Å². The number of hydrogen-bond donors (Lipinski definition) is 8. The van der Waals surface area contributed by atoms with Gasteiger partial charge in [-0.2, -0.15) is 0 Å². The molecule has 67 heavy (non-hydrogen) atoms. The minimum atomic E-state index is -5.18. The maximum atomic E-state index is 12.8. The number of phosphoric acid groups is 1. The van der Waals surface area contributed by atoms with Crippen molar-refractivity contribution in [1.29, 1.82) is 0 Å². The zero-order chi connectivity index (χ0) is 49.5. The van der Waals surface area contributed by atoms with E-state index in [0.29, 0.717) is 32.1 Å². The molecule has 0 radical (unpaired) electrons. The molecule has 0 aromatic rings. The zero-order valence-corrected chi connectivity index (χ0v) is 40.5. The highest BCUT2D eigenvalue weighted by molar-refractivity contribution is 7.47. The number of esters is 2. The highest BCUT2D eigenvalue weighted by atomic mass is 31.2. The fraction of sp³-hybridized carbons (Fsp3) is 0.608. The number of hydrogen-bond acceptors (Lipinski definition) is 14.